The van der Waals surface area contributed by atoms with Crippen LogP contribution in [0.4, 0.5) is 22.0 Å². The summed E-state index contributed by atoms with van der Waals surface area (Å²) in [5.41, 5.74) is 0.496. The maximum absolute atomic E-state index is 14.2. The summed E-state index contributed by atoms with van der Waals surface area (Å²) in [6.07, 6.45) is 5.55. The van der Waals surface area contributed by atoms with E-state index in [1.54, 1.807) is 12.1 Å². The van der Waals surface area contributed by atoms with E-state index in [4.69, 9.17) is 9.47 Å². The SMILES string of the molecule is CCN1CCCC1CNc1nc(Nc2ccc(OC)c(F)c2)nc(OCC2CCC(O)CC2)n1. The number of likely N-dealkylation sites (N-methyl/N-ethyl adjacent to an activating group) is 1. The molecule has 0 amide bonds. The summed E-state index contributed by atoms with van der Waals surface area (Å²) in [6, 6.07) is 5.24. The predicted molar refractivity (Wildman–Crippen MR) is 128 cm³/mol. The largest absolute Gasteiger partial charge is 0.494 e. The molecule has 34 heavy (non-hydrogen) atoms. The fourth-order valence-electron chi connectivity index (χ4n) is 4.68. The van der Waals surface area contributed by atoms with Gasteiger partial charge in [-0.15, -0.1) is 0 Å². The van der Waals surface area contributed by atoms with Crippen LogP contribution in [0, 0.1) is 11.7 Å². The zero-order chi connectivity index (χ0) is 23.9. The van der Waals surface area contributed by atoms with Gasteiger partial charge in [0, 0.05) is 24.3 Å². The van der Waals surface area contributed by atoms with Gasteiger partial charge in [-0.2, -0.15) is 15.0 Å². The smallest absolute Gasteiger partial charge is 0.323 e. The quantitative estimate of drug-likeness (QED) is 0.476. The number of likely N-dealkylation sites (tertiary alicyclic amines) is 1. The standard InChI is InChI=1S/C24H35FN6O3/c1-3-31-12-4-5-18(31)14-26-22-28-23(27-17-8-11-21(33-2)20(25)13-17)30-24(29-22)34-15-16-6-9-19(32)10-7-16/h8,11,13,16,18-19,32H,3-7,9-10,12,14-15H2,1-2H3,(H2,26,27,28,29,30). The van der Waals surface area contributed by atoms with E-state index in [-0.39, 0.29) is 23.8 Å². The molecular formula is C24H35FN6O3. The average molecular weight is 475 g/mol. The van der Waals surface area contributed by atoms with E-state index in [0.29, 0.717) is 30.2 Å². The van der Waals surface area contributed by atoms with Gasteiger partial charge in [-0.3, -0.25) is 4.90 Å². The first-order valence-electron chi connectivity index (χ1n) is 12.2. The number of nitrogens with zero attached hydrogens (tertiary/aromatic N) is 4. The van der Waals surface area contributed by atoms with Crippen LogP contribution in [-0.4, -0.2) is 70.5 Å². The molecule has 9 nitrogen and oxygen atoms in total. The van der Waals surface area contributed by atoms with Gasteiger partial charge in [-0.25, -0.2) is 4.39 Å². The number of nitrogens with one attached hydrogen (secondary N) is 2. The topological polar surface area (TPSA) is 105 Å². The van der Waals surface area contributed by atoms with Crippen LogP contribution in [0.2, 0.25) is 0 Å². The molecule has 1 aromatic carbocycles. The monoisotopic (exact) mass is 474 g/mol. The second-order valence-corrected chi connectivity index (χ2v) is 9.03. The summed E-state index contributed by atoms with van der Waals surface area (Å²) in [7, 11) is 1.43. The molecule has 1 aliphatic heterocycles. The maximum Gasteiger partial charge on any atom is 0.323 e. The van der Waals surface area contributed by atoms with Crippen LogP contribution < -0.4 is 20.1 Å². The fourth-order valence-corrected chi connectivity index (χ4v) is 4.68. The minimum Gasteiger partial charge on any atom is -0.494 e. The molecule has 2 aromatic rings. The molecule has 0 radical (unpaired) electrons. The molecule has 2 heterocycles. The highest BCUT2D eigenvalue weighted by Crippen LogP contribution is 2.26. The summed E-state index contributed by atoms with van der Waals surface area (Å²) in [5.74, 6) is 0.748. The lowest BCUT2D eigenvalue weighted by Crippen LogP contribution is -2.35. The van der Waals surface area contributed by atoms with Crippen molar-refractivity contribution < 1.29 is 19.0 Å². The van der Waals surface area contributed by atoms with Crippen molar-refractivity contribution in [1.29, 1.82) is 0 Å². The number of aliphatic hydroxyl groups excluding tert-OH is 1. The van der Waals surface area contributed by atoms with Gasteiger partial charge in [0.1, 0.15) is 0 Å². The molecule has 1 atom stereocenters. The first-order valence-corrected chi connectivity index (χ1v) is 12.2. The molecule has 0 bridgehead atoms. The molecule has 4 rings (SSSR count). The minimum absolute atomic E-state index is 0.169. The molecule has 186 valence electrons. The summed E-state index contributed by atoms with van der Waals surface area (Å²) >= 11 is 0. The van der Waals surface area contributed by atoms with Gasteiger partial charge >= 0.3 is 6.01 Å². The molecular weight excluding hydrogens is 439 g/mol. The van der Waals surface area contributed by atoms with E-state index in [2.05, 4.69) is 37.4 Å². The molecule has 3 N–H and O–H groups in total. The molecule has 0 spiro atoms. The van der Waals surface area contributed by atoms with Crippen LogP contribution in [0.25, 0.3) is 0 Å². The second-order valence-electron chi connectivity index (χ2n) is 9.03. The molecule has 1 aliphatic carbocycles. The Balaban J connectivity index is 1.47. The maximum atomic E-state index is 14.2. The number of anilines is 3. The van der Waals surface area contributed by atoms with Crippen molar-refractivity contribution in [3.63, 3.8) is 0 Å². The Morgan fingerprint density at radius 2 is 1.91 bits per heavy atom. The third-order valence-corrected chi connectivity index (χ3v) is 6.69. The Hall–Kier alpha value is -2.72. The van der Waals surface area contributed by atoms with Crippen LogP contribution in [0.3, 0.4) is 0 Å². The third kappa shape index (κ3) is 6.44. The second kappa shape index (κ2) is 11.6. The van der Waals surface area contributed by atoms with Gasteiger partial charge < -0.3 is 25.2 Å². The number of rotatable bonds is 10. The van der Waals surface area contributed by atoms with Crippen molar-refractivity contribution in [2.24, 2.45) is 5.92 Å². The van der Waals surface area contributed by atoms with Crippen LogP contribution >= 0.6 is 0 Å². The van der Waals surface area contributed by atoms with Crippen LogP contribution in [-0.2, 0) is 0 Å². The van der Waals surface area contributed by atoms with Crippen molar-refractivity contribution in [2.75, 3.05) is 44.0 Å². The minimum atomic E-state index is -0.475. The Morgan fingerprint density at radius 1 is 1.12 bits per heavy atom. The van der Waals surface area contributed by atoms with Gasteiger partial charge in [0.2, 0.25) is 11.9 Å². The van der Waals surface area contributed by atoms with E-state index in [9.17, 15) is 9.50 Å². The van der Waals surface area contributed by atoms with E-state index >= 15 is 0 Å². The van der Waals surface area contributed by atoms with E-state index < -0.39 is 5.82 Å². The highest BCUT2D eigenvalue weighted by molar-refractivity contribution is 5.56. The van der Waals surface area contributed by atoms with Crippen LogP contribution in [0.15, 0.2) is 18.2 Å². The molecule has 2 aliphatic rings. The molecule has 2 fully saturated rings. The van der Waals surface area contributed by atoms with Gasteiger partial charge in [-0.1, -0.05) is 6.92 Å². The van der Waals surface area contributed by atoms with Crippen molar-refractivity contribution >= 4 is 17.6 Å². The highest BCUT2D eigenvalue weighted by atomic mass is 19.1. The Kier molecular flexibility index (Phi) is 8.34. The molecule has 10 heteroatoms. The lowest BCUT2D eigenvalue weighted by Gasteiger charge is -2.25. The number of methoxy groups -OCH3 is 1. The number of aromatic nitrogens is 3. The van der Waals surface area contributed by atoms with Crippen molar-refractivity contribution in [1.82, 2.24) is 19.9 Å². The van der Waals surface area contributed by atoms with E-state index in [1.807, 2.05) is 0 Å². The number of ether oxygens (including phenoxy) is 2. The van der Waals surface area contributed by atoms with Gasteiger partial charge in [0.05, 0.1) is 19.8 Å². The Morgan fingerprint density at radius 3 is 2.65 bits per heavy atom. The molecule has 1 saturated carbocycles. The highest BCUT2D eigenvalue weighted by Gasteiger charge is 2.24. The summed E-state index contributed by atoms with van der Waals surface area (Å²) < 4.78 is 25.1. The zero-order valence-electron chi connectivity index (χ0n) is 20.0. The normalized spacial score (nSPS) is 23.0. The first-order chi connectivity index (χ1) is 16.5. The molecule has 1 unspecified atom stereocenters. The third-order valence-electron chi connectivity index (χ3n) is 6.69. The fraction of sp³-hybridized carbons (Fsp3) is 0.625. The zero-order valence-corrected chi connectivity index (χ0v) is 20.0. The van der Waals surface area contributed by atoms with E-state index in [1.165, 1.54) is 19.6 Å². The number of benzene rings is 1. The van der Waals surface area contributed by atoms with Crippen LogP contribution in [0.1, 0.15) is 45.4 Å². The lowest BCUT2D eigenvalue weighted by atomic mass is 9.88. The van der Waals surface area contributed by atoms with Crippen LogP contribution in [0.5, 0.6) is 11.8 Å². The molecule has 1 saturated heterocycles. The summed E-state index contributed by atoms with van der Waals surface area (Å²) in [4.78, 5) is 15.8. The number of hydrogen-bond acceptors (Lipinski definition) is 9. The Bertz CT molecular complexity index is 941. The van der Waals surface area contributed by atoms with Gasteiger partial charge in [-0.05, 0) is 69.7 Å². The number of hydrogen-bond donors (Lipinski definition) is 3. The number of halogens is 1. The average Bonchev–Trinajstić information content (AvgIpc) is 3.30. The van der Waals surface area contributed by atoms with Crippen molar-refractivity contribution in [3.05, 3.63) is 24.0 Å². The van der Waals surface area contributed by atoms with E-state index in [0.717, 1.165) is 51.7 Å². The number of aliphatic hydroxyl groups is 1. The van der Waals surface area contributed by atoms with Crippen molar-refractivity contribution in [3.8, 4) is 11.8 Å². The predicted octanol–water partition coefficient (Wildman–Crippen LogP) is 3.59. The molecule has 1 aromatic heterocycles. The van der Waals surface area contributed by atoms with Gasteiger partial charge in [0.25, 0.3) is 0 Å². The van der Waals surface area contributed by atoms with Gasteiger partial charge in [0.15, 0.2) is 11.6 Å². The summed E-state index contributed by atoms with van der Waals surface area (Å²) in [6.45, 7) is 5.52. The first kappa shape index (κ1) is 24.4. The lowest BCUT2D eigenvalue weighted by molar-refractivity contribution is 0.0899. The Labute approximate surface area is 200 Å². The summed E-state index contributed by atoms with van der Waals surface area (Å²) in [5, 5.41) is 16.1. The van der Waals surface area contributed by atoms with Crippen molar-refractivity contribution in [2.45, 2.75) is 57.6 Å².